The van der Waals surface area contributed by atoms with Gasteiger partial charge in [-0.2, -0.15) is 0 Å². The van der Waals surface area contributed by atoms with E-state index in [1.807, 2.05) is 222 Å². The molecule has 0 spiro atoms. The molecule has 0 radical (unpaired) electrons. The van der Waals surface area contributed by atoms with Crippen molar-refractivity contribution in [3.05, 3.63) is 0 Å². The summed E-state index contributed by atoms with van der Waals surface area (Å²) in [5.41, 5.74) is 0. The van der Waals surface area contributed by atoms with Crippen LogP contribution >= 0.6 is 86.3 Å². The number of hydrogen-bond acceptors (Lipinski definition) is 12. The van der Waals surface area contributed by atoms with Gasteiger partial charge in [-0.3, -0.25) is 0 Å². The molecule has 0 rings (SSSR count). The molecular weight excluding hydrogens is 1410 g/mol. The van der Waals surface area contributed by atoms with Crippen LogP contribution in [0.15, 0.2) is 0 Å². The van der Waals surface area contributed by atoms with E-state index in [1.54, 1.807) is 0 Å². The van der Waals surface area contributed by atoms with Crippen LogP contribution < -0.4 is 0 Å². The summed E-state index contributed by atoms with van der Waals surface area (Å²) in [6.07, 6.45) is 24.0. The Hall–Kier alpha value is 3.76. The Morgan fingerprint density at radius 1 is 0.152 bits per heavy atom. The molecule has 0 aliphatic carbocycles. The fourth-order valence-electron chi connectivity index (χ4n) is 14.8. The summed E-state index contributed by atoms with van der Waals surface area (Å²) >= 11 is 0. The van der Waals surface area contributed by atoms with Gasteiger partial charge >= 0.3 is 575 Å². The molecule has 0 fully saturated rings. The maximum absolute atomic E-state index is 15.2. The van der Waals surface area contributed by atoms with E-state index in [4.69, 9.17) is 34.5 Å². The summed E-state index contributed by atoms with van der Waals surface area (Å²) in [6, 6.07) is 0. The van der Waals surface area contributed by atoms with E-state index in [9.17, 15) is 18.3 Å². The third-order valence-electron chi connectivity index (χ3n) is 28.2. The van der Waals surface area contributed by atoms with Gasteiger partial charge in [-0.1, -0.05) is 0 Å². The molecule has 0 aliphatic rings. The zero-order valence-electron chi connectivity index (χ0n) is 66.4. The van der Waals surface area contributed by atoms with Crippen molar-refractivity contribution in [1.82, 2.24) is 0 Å². The molecule has 0 saturated heterocycles. The molecule has 0 amide bonds. The van der Waals surface area contributed by atoms with Crippen molar-refractivity contribution in [1.29, 1.82) is 0 Å². The molecule has 0 heterocycles. The Balaban J connectivity index is -0.000000561. The van der Waals surface area contributed by atoms with E-state index in [1.165, 1.54) is 0 Å². The third kappa shape index (κ3) is 22.9. The predicted octanol–water partition coefficient (Wildman–Crippen LogP) is 28.8. The molecule has 28 heteroatoms. The molecule has 0 aromatic carbocycles. The first kappa shape index (κ1) is 102. The van der Waals surface area contributed by atoms with Crippen molar-refractivity contribution in [2.45, 2.75) is 222 Å². The zero-order valence-corrected chi connectivity index (χ0v) is 77.1. The van der Waals surface area contributed by atoms with E-state index in [0.717, 1.165) is 197 Å². The average molecular weight is 1570 g/mol. The Morgan fingerprint density at radius 2 is 0.196 bits per heavy atom. The molecule has 0 unspecified atom stereocenters. The Kier molecular flexibility index (Phi) is 42.4. The van der Waals surface area contributed by atoms with Gasteiger partial charge in [0.25, 0.3) is 0 Å². The van der Waals surface area contributed by atoms with Crippen LogP contribution in [-0.4, -0.2) is 197 Å². The Labute approximate surface area is 571 Å². The molecular formula is C64H160F4O12P12. The van der Waals surface area contributed by atoms with Crippen LogP contribution in [0.2, 0.25) is 0 Å². The molecule has 0 aromatic heterocycles. The molecule has 92 heavy (non-hydrogen) atoms. The summed E-state index contributed by atoms with van der Waals surface area (Å²) < 4.78 is 160. The molecule has 576 valence electrons. The van der Waals surface area contributed by atoms with Crippen LogP contribution in [0.3, 0.4) is 0 Å². The van der Waals surface area contributed by atoms with Crippen LogP contribution in [0.25, 0.3) is 0 Å². The SMILES string of the molecule is CCP(CC)(CC)(CC)OP(=O)(F)OP(CC)(CC)(CC)CC.CCP(CC)(CC)(CC)OP(=O)(F)OP(CC)(CC)(CC)CC.CCP(CC)(CC)(CC)OP(=O)(F)OP(CC)(CC)(CC)CC.CCP(CC)(CC)(CC)OP(=O)(F)OP(CC)(CC)(CC)CC. The van der Waals surface area contributed by atoms with Gasteiger partial charge in [0.2, 0.25) is 0 Å². The van der Waals surface area contributed by atoms with E-state index in [-0.39, 0.29) is 0 Å². The monoisotopic (exact) mass is 1570 g/mol. The number of halogens is 4. The summed E-state index contributed by atoms with van der Waals surface area (Å²) in [4.78, 5) is 0. The first-order chi connectivity index (χ1) is 42.1. The van der Waals surface area contributed by atoms with Gasteiger partial charge in [0, 0.05) is 0 Å². The summed E-state index contributed by atoms with van der Waals surface area (Å²) in [5.74, 6) is 0. The second kappa shape index (κ2) is 38.2. The molecule has 0 atom stereocenters. The summed E-state index contributed by atoms with van der Waals surface area (Å²) in [5, 5.41) is 0. The van der Waals surface area contributed by atoms with Gasteiger partial charge in [-0.15, -0.1) is 0 Å². The van der Waals surface area contributed by atoms with Crippen LogP contribution in [0, 0.1) is 0 Å². The maximum atomic E-state index is 15.2. The van der Waals surface area contributed by atoms with Crippen LogP contribution in [0.5, 0.6) is 0 Å². The van der Waals surface area contributed by atoms with Crippen molar-refractivity contribution in [3.63, 3.8) is 0 Å². The zero-order chi connectivity index (χ0) is 73.9. The fourth-order valence-corrected chi connectivity index (χ4v) is 70.3. The standard InChI is InChI=1S/4C16H40FO3P3/c4*1-9-22(10-2,11-3,12-4)19-21(17,18)20-23(13-5,14-6,15-7)16-8/h4*9-16H2,1-8H3. The molecule has 0 N–H and O–H groups in total. The van der Waals surface area contributed by atoms with E-state index >= 15 is 16.8 Å². The number of hydrogen-bond donors (Lipinski definition) is 0. The van der Waals surface area contributed by atoms with Crippen molar-refractivity contribution in [2.75, 3.05) is 197 Å². The molecule has 12 nitrogen and oxygen atoms in total. The van der Waals surface area contributed by atoms with Crippen molar-refractivity contribution >= 4 is 86.3 Å². The summed E-state index contributed by atoms with van der Waals surface area (Å²) in [6.45, 7) is 42.8. The van der Waals surface area contributed by atoms with Gasteiger partial charge in [0.1, 0.15) is 0 Å². The fraction of sp³-hybridized carbons (Fsp3) is 1.00. The Morgan fingerprint density at radius 3 is 0.228 bits per heavy atom. The van der Waals surface area contributed by atoms with Gasteiger partial charge in [-0.05, 0) is 0 Å². The topological polar surface area (TPSA) is 142 Å². The van der Waals surface area contributed by atoms with Crippen molar-refractivity contribution < 1.29 is 69.5 Å². The van der Waals surface area contributed by atoms with Crippen LogP contribution in [0.4, 0.5) is 16.8 Å². The van der Waals surface area contributed by atoms with Gasteiger partial charge in [-0.25, -0.2) is 0 Å². The summed E-state index contributed by atoms with van der Waals surface area (Å²) in [7, 11) is -18.3. The third-order valence-corrected chi connectivity index (χ3v) is 100. The first-order valence-electron chi connectivity index (χ1n) is 37.1. The van der Waals surface area contributed by atoms with E-state index < -0.39 is 86.3 Å². The van der Waals surface area contributed by atoms with E-state index in [0.29, 0.717) is 0 Å². The minimum absolute atomic E-state index is 0.749. The second-order valence-electron chi connectivity index (χ2n) is 27.4. The van der Waals surface area contributed by atoms with Crippen molar-refractivity contribution in [2.24, 2.45) is 0 Å². The number of rotatable bonds is 48. The predicted molar refractivity (Wildman–Crippen MR) is 436 cm³/mol. The quantitative estimate of drug-likeness (QED) is 0.0423. The molecule has 0 aliphatic heterocycles. The Bertz CT molecular complexity index is 1730. The molecule has 0 saturated carbocycles. The van der Waals surface area contributed by atoms with Crippen LogP contribution in [-0.2, 0) is 52.7 Å². The molecule has 0 aromatic rings. The minimum atomic E-state index is -4.58. The average Bonchev–Trinajstić information content (AvgIpc) is 0.763. The van der Waals surface area contributed by atoms with Gasteiger partial charge in [0.15, 0.2) is 0 Å². The van der Waals surface area contributed by atoms with Gasteiger partial charge in [0.05, 0.1) is 0 Å². The van der Waals surface area contributed by atoms with Crippen molar-refractivity contribution in [3.8, 4) is 0 Å². The first-order valence-corrected chi connectivity index (χ1v) is 66.0. The normalized spacial score (nSPS) is 19.3. The molecule has 0 bridgehead atoms. The van der Waals surface area contributed by atoms with Crippen LogP contribution in [0.1, 0.15) is 222 Å². The second-order valence-corrected chi connectivity index (χ2v) is 86.0. The van der Waals surface area contributed by atoms with E-state index in [2.05, 4.69) is 0 Å². The van der Waals surface area contributed by atoms with Gasteiger partial charge < -0.3 is 0 Å².